The first-order chi connectivity index (χ1) is 19.8. The maximum atomic E-state index is 14.3. The normalized spacial score (nSPS) is 16.5. The second-order valence-corrected chi connectivity index (χ2v) is 12.2. The van der Waals surface area contributed by atoms with Crippen molar-refractivity contribution in [1.29, 1.82) is 0 Å². The van der Waals surface area contributed by atoms with E-state index in [1.165, 1.54) is 11.3 Å². The zero-order chi connectivity index (χ0) is 29.1. The highest BCUT2D eigenvalue weighted by atomic mass is 35.5. The van der Waals surface area contributed by atoms with Gasteiger partial charge in [-0.05, 0) is 74.2 Å². The van der Waals surface area contributed by atoms with Gasteiger partial charge in [-0.25, -0.2) is 0 Å². The van der Waals surface area contributed by atoms with E-state index in [2.05, 4.69) is 11.4 Å². The van der Waals surface area contributed by atoms with Gasteiger partial charge in [-0.2, -0.15) is 0 Å². The van der Waals surface area contributed by atoms with E-state index < -0.39 is 0 Å². The predicted molar refractivity (Wildman–Crippen MR) is 176 cm³/mol. The lowest BCUT2D eigenvalue weighted by molar-refractivity contribution is 0.0604. The molecule has 1 N–H and O–H groups in total. The average molecular weight is 627 g/mol. The van der Waals surface area contributed by atoms with Crippen LogP contribution in [0.5, 0.6) is 5.75 Å². The van der Waals surface area contributed by atoms with Crippen molar-refractivity contribution in [2.75, 3.05) is 28.3 Å². The van der Waals surface area contributed by atoms with Crippen molar-refractivity contribution in [2.45, 2.75) is 44.3 Å². The molecule has 222 valence electrons. The van der Waals surface area contributed by atoms with Crippen molar-refractivity contribution in [3.05, 3.63) is 87.8 Å². The molecule has 0 saturated heterocycles. The van der Waals surface area contributed by atoms with Gasteiger partial charge in [-0.3, -0.25) is 9.59 Å². The van der Waals surface area contributed by atoms with Gasteiger partial charge in [0.2, 0.25) is 0 Å². The molecule has 0 atom stereocenters. The summed E-state index contributed by atoms with van der Waals surface area (Å²) in [6.45, 7) is 0.409. The van der Waals surface area contributed by atoms with E-state index in [-0.39, 0.29) is 30.3 Å². The van der Waals surface area contributed by atoms with Crippen LogP contribution in [0.4, 0.5) is 0 Å². The zero-order valence-corrected chi connectivity index (χ0v) is 26.7. The predicted octanol–water partition coefficient (Wildman–Crippen LogP) is 7.53. The lowest BCUT2D eigenvalue weighted by Gasteiger charge is -2.37. The molecule has 2 amide bonds. The maximum absolute atomic E-state index is 14.3. The molecule has 1 heterocycles. The number of carbonyl (C=O) groups excluding carboxylic acids is 2. The van der Waals surface area contributed by atoms with Crippen LogP contribution in [0.1, 0.15) is 51.3 Å². The first kappa shape index (κ1) is 31.8. The van der Waals surface area contributed by atoms with Gasteiger partial charge in [-0.1, -0.05) is 48.0 Å². The van der Waals surface area contributed by atoms with Crippen LogP contribution in [-0.4, -0.2) is 62.0 Å². The van der Waals surface area contributed by atoms with E-state index in [1.54, 1.807) is 26.1 Å². The standard InChI is InChI=1S/C33H36ClN3O3S.ClH/c1-35-25-14-16-26(17-15-25)37(33(39)31-30(34)27-7-5-6-8-29(27)41-31)20-24-19-23(13-18-28(24)40-4)21-9-11-22(12-10-21)32(38)36(2)3;/h5-13,18-19,25-26,35H,14-17,20H2,1-4H3;1H. The number of nitrogens with one attached hydrogen (secondary N) is 1. The van der Waals surface area contributed by atoms with Crippen molar-refractivity contribution in [2.24, 2.45) is 0 Å². The van der Waals surface area contributed by atoms with Crippen LogP contribution in [0.15, 0.2) is 66.7 Å². The molecule has 1 aliphatic carbocycles. The van der Waals surface area contributed by atoms with Crippen LogP contribution in [0.2, 0.25) is 5.02 Å². The molecule has 9 heteroatoms. The van der Waals surface area contributed by atoms with Crippen molar-refractivity contribution >= 4 is 57.2 Å². The molecule has 3 aromatic carbocycles. The Bertz CT molecular complexity index is 1550. The Morgan fingerprint density at radius 2 is 1.62 bits per heavy atom. The Kier molecular flexibility index (Phi) is 10.5. The van der Waals surface area contributed by atoms with Gasteiger partial charge < -0.3 is 19.9 Å². The number of ether oxygens (including phenoxy) is 1. The summed E-state index contributed by atoms with van der Waals surface area (Å²) < 4.78 is 6.78. The van der Waals surface area contributed by atoms with E-state index in [1.807, 2.05) is 72.6 Å². The molecule has 1 saturated carbocycles. The van der Waals surface area contributed by atoms with Gasteiger partial charge in [0.25, 0.3) is 11.8 Å². The van der Waals surface area contributed by atoms with E-state index in [9.17, 15) is 9.59 Å². The summed E-state index contributed by atoms with van der Waals surface area (Å²) in [5.41, 5.74) is 3.56. The quantitative estimate of drug-likeness (QED) is 0.220. The highest BCUT2D eigenvalue weighted by molar-refractivity contribution is 7.21. The molecule has 0 spiro atoms. The molecule has 42 heavy (non-hydrogen) atoms. The van der Waals surface area contributed by atoms with Crippen LogP contribution in [0, 0.1) is 0 Å². The topological polar surface area (TPSA) is 61.9 Å². The molecule has 1 aliphatic rings. The first-order valence-electron chi connectivity index (χ1n) is 13.9. The molecule has 0 bridgehead atoms. The van der Waals surface area contributed by atoms with Gasteiger partial charge in [-0.15, -0.1) is 23.7 Å². The summed E-state index contributed by atoms with van der Waals surface area (Å²) in [5, 5.41) is 4.84. The second kappa shape index (κ2) is 13.9. The number of amides is 2. The number of benzene rings is 3. The lowest BCUT2D eigenvalue weighted by Crippen LogP contribution is -2.44. The smallest absolute Gasteiger partial charge is 0.266 e. The Hall–Kier alpha value is -3.10. The van der Waals surface area contributed by atoms with E-state index >= 15 is 0 Å². The summed E-state index contributed by atoms with van der Waals surface area (Å²) in [6, 6.07) is 22.1. The lowest BCUT2D eigenvalue weighted by atomic mass is 9.89. The monoisotopic (exact) mass is 625 g/mol. The SMILES string of the molecule is CNC1CCC(N(Cc2cc(-c3ccc(C(=O)N(C)C)cc3)ccc2OC)C(=O)c2sc3ccccc3c2Cl)CC1.Cl. The highest BCUT2D eigenvalue weighted by Gasteiger charge is 2.32. The minimum Gasteiger partial charge on any atom is -0.496 e. The van der Waals surface area contributed by atoms with Gasteiger partial charge in [0.15, 0.2) is 0 Å². The fourth-order valence-corrected chi connectivity index (χ4v) is 7.12. The molecule has 0 radical (unpaired) electrons. The van der Waals surface area contributed by atoms with Gasteiger partial charge >= 0.3 is 0 Å². The molecule has 5 rings (SSSR count). The third-order valence-corrected chi connectivity index (χ3v) is 9.69. The van der Waals surface area contributed by atoms with Crippen molar-refractivity contribution in [3.8, 4) is 16.9 Å². The molecule has 1 aromatic heterocycles. The van der Waals surface area contributed by atoms with E-state index in [0.717, 1.165) is 58.2 Å². The average Bonchev–Trinajstić information content (AvgIpc) is 3.35. The minimum atomic E-state index is -0.0388. The summed E-state index contributed by atoms with van der Waals surface area (Å²) in [4.78, 5) is 30.8. The fourth-order valence-electron chi connectivity index (χ4n) is 5.65. The molecule has 0 aliphatic heterocycles. The van der Waals surface area contributed by atoms with Gasteiger partial charge in [0, 0.05) is 53.9 Å². The number of rotatable bonds is 8. The van der Waals surface area contributed by atoms with E-state index in [4.69, 9.17) is 16.3 Å². The number of nitrogens with zero attached hydrogens (tertiary/aromatic N) is 2. The summed E-state index contributed by atoms with van der Waals surface area (Å²) in [6.07, 6.45) is 3.87. The first-order valence-corrected chi connectivity index (χ1v) is 15.1. The Labute approximate surface area is 263 Å². The van der Waals surface area contributed by atoms with Crippen molar-refractivity contribution in [1.82, 2.24) is 15.1 Å². The van der Waals surface area contributed by atoms with Gasteiger partial charge in [0.1, 0.15) is 10.6 Å². The number of halogens is 2. The summed E-state index contributed by atoms with van der Waals surface area (Å²) in [7, 11) is 7.16. The van der Waals surface area contributed by atoms with Crippen LogP contribution in [0.3, 0.4) is 0 Å². The molecule has 0 unspecified atom stereocenters. The third kappa shape index (κ3) is 6.60. The largest absolute Gasteiger partial charge is 0.496 e. The zero-order valence-electron chi connectivity index (χ0n) is 24.4. The number of carbonyl (C=O) groups is 2. The van der Waals surface area contributed by atoms with E-state index in [0.29, 0.717) is 28.0 Å². The third-order valence-electron chi connectivity index (χ3n) is 8.03. The highest BCUT2D eigenvalue weighted by Crippen LogP contribution is 2.38. The summed E-state index contributed by atoms with van der Waals surface area (Å²) >= 11 is 8.26. The number of fused-ring (bicyclic) bond motifs is 1. The second-order valence-electron chi connectivity index (χ2n) is 10.8. The molecule has 6 nitrogen and oxygen atoms in total. The Morgan fingerprint density at radius 3 is 2.24 bits per heavy atom. The van der Waals surface area contributed by atoms with Crippen LogP contribution >= 0.6 is 35.3 Å². The Balaban J connectivity index is 0.00000405. The minimum absolute atomic E-state index is 0. The molecule has 4 aromatic rings. The number of thiophene rings is 1. The molecular weight excluding hydrogens is 589 g/mol. The Morgan fingerprint density at radius 1 is 0.952 bits per heavy atom. The summed E-state index contributed by atoms with van der Waals surface area (Å²) in [5.74, 6) is 0.662. The van der Waals surface area contributed by atoms with Crippen molar-refractivity contribution < 1.29 is 14.3 Å². The van der Waals surface area contributed by atoms with Gasteiger partial charge in [0.05, 0.1) is 12.1 Å². The number of hydrogen-bond acceptors (Lipinski definition) is 5. The molecular formula is C33H37Cl2N3O3S. The number of hydrogen-bond donors (Lipinski definition) is 1. The van der Waals surface area contributed by atoms with Crippen LogP contribution in [-0.2, 0) is 6.54 Å². The van der Waals surface area contributed by atoms with Crippen molar-refractivity contribution in [3.63, 3.8) is 0 Å². The number of methoxy groups -OCH3 is 1. The fraction of sp³-hybridized carbons (Fsp3) is 0.333. The van der Waals surface area contributed by atoms with Crippen LogP contribution in [0.25, 0.3) is 21.2 Å². The molecule has 1 fully saturated rings. The maximum Gasteiger partial charge on any atom is 0.266 e. The van der Waals surface area contributed by atoms with Crippen LogP contribution < -0.4 is 10.1 Å².